The molecule has 1 aromatic carbocycles. The van der Waals surface area contributed by atoms with Crippen molar-refractivity contribution in [2.45, 2.75) is 43.7 Å². The molecule has 1 aliphatic carbocycles. The number of nitrogens with one attached hydrogen (secondary N) is 1. The van der Waals surface area contributed by atoms with E-state index in [2.05, 4.69) is 5.32 Å². The number of hydrogen-bond donors (Lipinski definition) is 2. The summed E-state index contributed by atoms with van der Waals surface area (Å²) in [6, 6.07) is 10.1. The van der Waals surface area contributed by atoms with Gasteiger partial charge in [0.1, 0.15) is 0 Å². The standard InChI is InChI=1S/C16H25NO2/c1-17-16(12-18,14-8-4-2-5-9-14)13-19-15-10-6-3-7-11-15/h2,4-5,8-9,15,17-18H,3,6-7,10-13H2,1H3. The van der Waals surface area contributed by atoms with Crippen LogP contribution in [0, 0.1) is 0 Å². The normalized spacial score (nSPS) is 20.1. The molecule has 0 spiro atoms. The summed E-state index contributed by atoms with van der Waals surface area (Å²) in [5, 5.41) is 13.1. The van der Waals surface area contributed by atoms with Crippen LogP contribution in [0.1, 0.15) is 37.7 Å². The fourth-order valence-corrected chi connectivity index (χ4v) is 2.76. The lowest BCUT2D eigenvalue weighted by molar-refractivity contribution is -0.0240. The van der Waals surface area contributed by atoms with E-state index in [1.807, 2.05) is 37.4 Å². The fraction of sp³-hybridized carbons (Fsp3) is 0.625. The van der Waals surface area contributed by atoms with E-state index in [1.54, 1.807) is 0 Å². The Labute approximate surface area is 116 Å². The second-order valence-electron chi connectivity index (χ2n) is 5.43. The van der Waals surface area contributed by atoms with Crippen molar-refractivity contribution in [1.29, 1.82) is 0 Å². The lowest BCUT2D eigenvalue weighted by Crippen LogP contribution is -2.48. The van der Waals surface area contributed by atoms with E-state index in [0.29, 0.717) is 12.7 Å². The van der Waals surface area contributed by atoms with E-state index in [9.17, 15) is 5.11 Å². The number of benzene rings is 1. The second kappa shape index (κ2) is 7.04. The van der Waals surface area contributed by atoms with Gasteiger partial charge < -0.3 is 15.2 Å². The minimum absolute atomic E-state index is 0.0419. The van der Waals surface area contributed by atoms with Crippen molar-refractivity contribution in [3.05, 3.63) is 35.9 Å². The lowest BCUT2D eigenvalue weighted by atomic mass is 9.91. The molecule has 0 radical (unpaired) electrons. The van der Waals surface area contributed by atoms with Gasteiger partial charge in [-0.1, -0.05) is 49.6 Å². The van der Waals surface area contributed by atoms with Crippen LogP contribution < -0.4 is 5.32 Å². The van der Waals surface area contributed by atoms with Crippen molar-refractivity contribution in [3.63, 3.8) is 0 Å². The summed E-state index contributed by atoms with van der Waals surface area (Å²) < 4.78 is 6.06. The van der Waals surface area contributed by atoms with E-state index in [4.69, 9.17) is 4.74 Å². The molecular weight excluding hydrogens is 238 g/mol. The molecule has 1 atom stereocenters. The Balaban J connectivity index is 2.02. The number of aliphatic hydroxyl groups is 1. The molecule has 0 saturated heterocycles. The third-order valence-corrected chi connectivity index (χ3v) is 4.19. The van der Waals surface area contributed by atoms with E-state index in [-0.39, 0.29) is 6.61 Å². The van der Waals surface area contributed by atoms with Crippen LogP contribution in [0.5, 0.6) is 0 Å². The smallest absolute Gasteiger partial charge is 0.0903 e. The monoisotopic (exact) mass is 263 g/mol. The maximum absolute atomic E-state index is 9.82. The Bertz CT molecular complexity index is 356. The zero-order chi connectivity index (χ0) is 13.6. The molecule has 0 aliphatic heterocycles. The van der Waals surface area contributed by atoms with Gasteiger partial charge in [0.05, 0.1) is 24.9 Å². The Kier molecular flexibility index (Phi) is 5.37. The molecule has 0 amide bonds. The van der Waals surface area contributed by atoms with E-state index < -0.39 is 5.54 Å². The van der Waals surface area contributed by atoms with Crippen LogP contribution >= 0.6 is 0 Å². The average molecular weight is 263 g/mol. The number of rotatable bonds is 6. The van der Waals surface area contributed by atoms with Crippen molar-refractivity contribution in [1.82, 2.24) is 5.32 Å². The van der Waals surface area contributed by atoms with Gasteiger partial charge in [0, 0.05) is 0 Å². The number of aliphatic hydroxyl groups excluding tert-OH is 1. The molecule has 3 heteroatoms. The molecule has 1 saturated carbocycles. The summed E-state index contributed by atoms with van der Waals surface area (Å²) in [7, 11) is 1.88. The summed E-state index contributed by atoms with van der Waals surface area (Å²) in [6.07, 6.45) is 6.52. The Morgan fingerprint density at radius 3 is 2.47 bits per heavy atom. The molecule has 3 nitrogen and oxygen atoms in total. The third kappa shape index (κ3) is 3.56. The Morgan fingerprint density at radius 1 is 1.21 bits per heavy atom. The van der Waals surface area contributed by atoms with Gasteiger partial charge in [0.2, 0.25) is 0 Å². The van der Waals surface area contributed by atoms with Crippen LogP contribution in [0.4, 0.5) is 0 Å². The van der Waals surface area contributed by atoms with Crippen molar-refractivity contribution in [3.8, 4) is 0 Å². The SMILES string of the molecule is CNC(CO)(COC1CCCCC1)c1ccccc1. The topological polar surface area (TPSA) is 41.5 Å². The number of likely N-dealkylation sites (N-methyl/N-ethyl adjacent to an activating group) is 1. The summed E-state index contributed by atoms with van der Waals surface area (Å²) >= 11 is 0. The first-order valence-corrected chi connectivity index (χ1v) is 7.27. The van der Waals surface area contributed by atoms with Crippen molar-refractivity contribution in [2.24, 2.45) is 0 Å². The van der Waals surface area contributed by atoms with Crippen molar-refractivity contribution in [2.75, 3.05) is 20.3 Å². The second-order valence-corrected chi connectivity index (χ2v) is 5.43. The maximum atomic E-state index is 9.82. The van der Waals surface area contributed by atoms with Gasteiger partial charge >= 0.3 is 0 Å². The lowest BCUT2D eigenvalue weighted by Gasteiger charge is -2.34. The van der Waals surface area contributed by atoms with E-state index in [1.165, 1.54) is 19.3 Å². The van der Waals surface area contributed by atoms with Gasteiger partial charge in [0.25, 0.3) is 0 Å². The van der Waals surface area contributed by atoms with Crippen LogP contribution in [0.25, 0.3) is 0 Å². The molecule has 0 aromatic heterocycles. The minimum Gasteiger partial charge on any atom is -0.394 e. The highest BCUT2D eigenvalue weighted by atomic mass is 16.5. The molecule has 2 N–H and O–H groups in total. The molecule has 2 rings (SSSR count). The fourth-order valence-electron chi connectivity index (χ4n) is 2.76. The zero-order valence-electron chi connectivity index (χ0n) is 11.8. The highest BCUT2D eigenvalue weighted by Crippen LogP contribution is 2.25. The molecule has 1 fully saturated rings. The van der Waals surface area contributed by atoms with E-state index >= 15 is 0 Å². The predicted molar refractivity (Wildman–Crippen MR) is 77.1 cm³/mol. The molecule has 1 aromatic rings. The first-order valence-electron chi connectivity index (χ1n) is 7.27. The summed E-state index contributed by atoms with van der Waals surface area (Å²) in [4.78, 5) is 0. The summed E-state index contributed by atoms with van der Waals surface area (Å²) in [6.45, 7) is 0.564. The van der Waals surface area contributed by atoms with Crippen LogP contribution in [-0.4, -0.2) is 31.5 Å². The molecular formula is C16H25NO2. The Morgan fingerprint density at radius 2 is 1.89 bits per heavy atom. The summed E-state index contributed by atoms with van der Waals surface area (Å²) in [5.41, 5.74) is 0.592. The Hall–Kier alpha value is -0.900. The molecule has 1 aliphatic rings. The molecule has 0 bridgehead atoms. The maximum Gasteiger partial charge on any atom is 0.0903 e. The van der Waals surface area contributed by atoms with Crippen molar-refractivity contribution < 1.29 is 9.84 Å². The first-order chi connectivity index (χ1) is 9.30. The number of hydrogen-bond acceptors (Lipinski definition) is 3. The highest BCUT2D eigenvalue weighted by Gasteiger charge is 2.31. The van der Waals surface area contributed by atoms with Crippen LogP contribution in [-0.2, 0) is 10.3 Å². The molecule has 1 unspecified atom stereocenters. The largest absolute Gasteiger partial charge is 0.394 e. The number of ether oxygens (including phenoxy) is 1. The van der Waals surface area contributed by atoms with Gasteiger partial charge in [0.15, 0.2) is 0 Å². The minimum atomic E-state index is -0.487. The first kappa shape index (κ1) is 14.5. The van der Waals surface area contributed by atoms with Gasteiger partial charge in [-0.3, -0.25) is 0 Å². The van der Waals surface area contributed by atoms with Crippen LogP contribution in [0.2, 0.25) is 0 Å². The quantitative estimate of drug-likeness (QED) is 0.828. The van der Waals surface area contributed by atoms with Gasteiger partial charge in [-0.05, 0) is 25.5 Å². The third-order valence-electron chi connectivity index (χ3n) is 4.19. The van der Waals surface area contributed by atoms with E-state index in [0.717, 1.165) is 18.4 Å². The molecule has 19 heavy (non-hydrogen) atoms. The average Bonchev–Trinajstić information content (AvgIpc) is 2.51. The highest BCUT2D eigenvalue weighted by molar-refractivity contribution is 5.24. The van der Waals surface area contributed by atoms with Gasteiger partial charge in [-0.2, -0.15) is 0 Å². The van der Waals surface area contributed by atoms with Crippen LogP contribution in [0.3, 0.4) is 0 Å². The molecule has 0 heterocycles. The summed E-state index contributed by atoms with van der Waals surface area (Å²) in [5.74, 6) is 0. The van der Waals surface area contributed by atoms with Crippen LogP contribution in [0.15, 0.2) is 30.3 Å². The predicted octanol–water partition coefficient (Wildman–Crippen LogP) is 2.44. The zero-order valence-corrected chi connectivity index (χ0v) is 11.8. The van der Waals surface area contributed by atoms with Gasteiger partial charge in [-0.25, -0.2) is 0 Å². The molecule has 106 valence electrons. The van der Waals surface area contributed by atoms with Gasteiger partial charge in [-0.15, -0.1) is 0 Å². The van der Waals surface area contributed by atoms with Crippen molar-refractivity contribution >= 4 is 0 Å².